The van der Waals surface area contributed by atoms with Gasteiger partial charge < -0.3 is 5.32 Å². The minimum atomic E-state index is -0.176. The Morgan fingerprint density at radius 3 is 2.80 bits per heavy atom. The van der Waals surface area contributed by atoms with E-state index in [2.05, 4.69) is 21.2 Å². The van der Waals surface area contributed by atoms with E-state index in [0.29, 0.717) is 23.0 Å². The van der Waals surface area contributed by atoms with Crippen LogP contribution in [0.15, 0.2) is 16.6 Å². The number of nitrogens with one attached hydrogen (secondary N) is 1. The smallest absolute Gasteiger partial charge is 0.252 e. The Labute approximate surface area is 107 Å². The molecule has 1 N–H and O–H groups in total. The molecule has 0 saturated heterocycles. The molecule has 1 aromatic rings. The lowest BCUT2D eigenvalue weighted by molar-refractivity contribution is 0.0955. The fraction of sp³-hybridized carbons (Fsp3) is 0.300. The summed E-state index contributed by atoms with van der Waals surface area (Å²) in [5.41, 5.74) is 1.45. The Morgan fingerprint density at radius 2 is 2.20 bits per heavy atom. The summed E-state index contributed by atoms with van der Waals surface area (Å²) >= 11 is 14.7. The van der Waals surface area contributed by atoms with Crippen LogP contribution in [0.3, 0.4) is 0 Å². The highest BCUT2D eigenvalue weighted by Gasteiger charge is 2.11. The van der Waals surface area contributed by atoms with E-state index in [9.17, 15) is 4.79 Å². The molecule has 0 fully saturated rings. The molecule has 1 rings (SSSR count). The maximum atomic E-state index is 11.6. The Bertz CT molecular complexity index is 382. The first kappa shape index (κ1) is 12.8. The van der Waals surface area contributed by atoms with E-state index < -0.39 is 0 Å². The number of hydrogen-bond acceptors (Lipinski definition) is 1. The second-order valence-electron chi connectivity index (χ2n) is 3.03. The summed E-state index contributed by atoms with van der Waals surface area (Å²) in [7, 11) is 0. The Balaban J connectivity index is 2.94. The van der Waals surface area contributed by atoms with E-state index in [0.717, 1.165) is 10.0 Å². The largest absolute Gasteiger partial charge is 0.351 e. The molecule has 0 bridgehead atoms. The maximum Gasteiger partial charge on any atom is 0.252 e. The van der Waals surface area contributed by atoms with Gasteiger partial charge in [-0.05, 0) is 40.5 Å². The first-order valence-electron chi connectivity index (χ1n) is 4.36. The summed E-state index contributed by atoms with van der Waals surface area (Å²) in [6.45, 7) is 2.33. The van der Waals surface area contributed by atoms with Crippen molar-refractivity contribution in [1.29, 1.82) is 0 Å². The summed E-state index contributed by atoms with van der Waals surface area (Å²) < 4.78 is 0.733. The fourth-order valence-electron chi connectivity index (χ4n) is 1.08. The lowest BCUT2D eigenvalue weighted by Crippen LogP contribution is -2.25. The molecule has 0 spiro atoms. The van der Waals surface area contributed by atoms with E-state index >= 15 is 0 Å². The van der Waals surface area contributed by atoms with Crippen LogP contribution in [0.5, 0.6) is 0 Å². The number of benzene rings is 1. The van der Waals surface area contributed by atoms with Gasteiger partial charge in [-0.2, -0.15) is 0 Å². The lowest BCUT2D eigenvalue weighted by atomic mass is 10.1. The minimum Gasteiger partial charge on any atom is -0.351 e. The van der Waals surface area contributed by atoms with Gasteiger partial charge in [-0.1, -0.05) is 11.6 Å². The highest BCUT2D eigenvalue weighted by molar-refractivity contribution is 9.10. The molecule has 1 amide bonds. The van der Waals surface area contributed by atoms with E-state index in [1.54, 1.807) is 6.07 Å². The number of amides is 1. The SMILES string of the molecule is Cc1cc(Br)c(C(=O)NCCCl)cc1Cl. The average Bonchev–Trinajstić information content (AvgIpc) is 2.20. The maximum absolute atomic E-state index is 11.6. The van der Waals surface area contributed by atoms with Crippen LogP contribution in [-0.2, 0) is 0 Å². The minimum absolute atomic E-state index is 0.176. The molecule has 0 heterocycles. The summed E-state index contributed by atoms with van der Waals surface area (Å²) in [5.74, 6) is 0.215. The van der Waals surface area contributed by atoms with E-state index in [1.165, 1.54) is 0 Å². The van der Waals surface area contributed by atoms with Crippen molar-refractivity contribution >= 4 is 45.0 Å². The first-order valence-corrected chi connectivity index (χ1v) is 6.06. The molecule has 15 heavy (non-hydrogen) atoms. The Morgan fingerprint density at radius 1 is 1.53 bits per heavy atom. The molecule has 5 heteroatoms. The van der Waals surface area contributed by atoms with Crippen molar-refractivity contribution in [2.75, 3.05) is 12.4 Å². The number of hydrogen-bond donors (Lipinski definition) is 1. The zero-order valence-corrected chi connectivity index (χ0v) is 11.2. The molecule has 0 saturated carbocycles. The number of alkyl halides is 1. The van der Waals surface area contributed by atoms with Crippen molar-refractivity contribution in [3.8, 4) is 0 Å². The zero-order chi connectivity index (χ0) is 11.4. The van der Waals surface area contributed by atoms with Crippen molar-refractivity contribution in [3.63, 3.8) is 0 Å². The molecule has 0 aliphatic carbocycles. The van der Waals surface area contributed by atoms with Crippen LogP contribution in [0.25, 0.3) is 0 Å². The van der Waals surface area contributed by atoms with Crippen LogP contribution in [0.1, 0.15) is 15.9 Å². The molecular formula is C10H10BrCl2NO. The summed E-state index contributed by atoms with van der Waals surface area (Å²) in [6.07, 6.45) is 0. The molecule has 0 atom stereocenters. The van der Waals surface area contributed by atoms with Crippen LogP contribution in [-0.4, -0.2) is 18.3 Å². The second kappa shape index (κ2) is 5.73. The van der Waals surface area contributed by atoms with Gasteiger partial charge in [-0.25, -0.2) is 0 Å². The summed E-state index contributed by atoms with van der Waals surface area (Å²) in [6, 6.07) is 3.46. The molecule has 0 aliphatic heterocycles. The molecule has 0 aromatic heterocycles. The van der Waals surface area contributed by atoms with E-state index in [4.69, 9.17) is 23.2 Å². The average molecular weight is 311 g/mol. The number of rotatable bonds is 3. The van der Waals surface area contributed by atoms with Crippen LogP contribution in [0.4, 0.5) is 0 Å². The number of aryl methyl sites for hydroxylation is 1. The van der Waals surface area contributed by atoms with Crippen molar-refractivity contribution in [2.45, 2.75) is 6.92 Å². The zero-order valence-electron chi connectivity index (χ0n) is 8.11. The molecule has 1 aromatic carbocycles. The van der Waals surface area contributed by atoms with Crippen molar-refractivity contribution in [3.05, 3.63) is 32.8 Å². The molecule has 0 unspecified atom stereocenters. The molecule has 0 aliphatic rings. The van der Waals surface area contributed by atoms with Gasteiger partial charge in [0.05, 0.1) is 5.56 Å². The third kappa shape index (κ3) is 3.37. The van der Waals surface area contributed by atoms with Crippen LogP contribution < -0.4 is 5.32 Å². The Kier molecular flexibility index (Phi) is 4.90. The molecule has 0 radical (unpaired) electrons. The quantitative estimate of drug-likeness (QED) is 0.852. The number of carbonyl (C=O) groups is 1. The second-order valence-corrected chi connectivity index (χ2v) is 4.67. The molecular weight excluding hydrogens is 301 g/mol. The topological polar surface area (TPSA) is 29.1 Å². The van der Waals surface area contributed by atoms with Crippen molar-refractivity contribution in [2.24, 2.45) is 0 Å². The van der Waals surface area contributed by atoms with Gasteiger partial charge in [0.1, 0.15) is 0 Å². The normalized spacial score (nSPS) is 10.1. The summed E-state index contributed by atoms with van der Waals surface area (Å²) in [5, 5.41) is 3.25. The Hall–Kier alpha value is -0.250. The first-order chi connectivity index (χ1) is 7.06. The highest BCUT2D eigenvalue weighted by Crippen LogP contribution is 2.24. The van der Waals surface area contributed by atoms with Gasteiger partial charge in [0.15, 0.2) is 0 Å². The lowest BCUT2D eigenvalue weighted by Gasteiger charge is -2.07. The van der Waals surface area contributed by atoms with Gasteiger partial charge in [0.2, 0.25) is 0 Å². The third-order valence-corrected chi connectivity index (χ3v) is 3.13. The highest BCUT2D eigenvalue weighted by atomic mass is 79.9. The van der Waals surface area contributed by atoms with Gasteiger partial charge in [0.25, 0.3) is 5.91 Å². The third-order valence-electron chi connectivity index (χ3n) is 1.87. The molecule has 2 nitrogen and oxygen atoms in total. The number of halogens is 3. The van der Waals surface area contributed by atoms with Crippen LogP contribution >= 0.6 is 39.1 Å². The van der Waals surface area contributed by atoms with E-state index in [-0.39, 0.29) is 5.91 Å². The van der Waals surface area contributed by atoms with Crippen molar-refractivity contribution in [1.82, 2.24) is 5.32 Å². The predicted octanol–water partition coefficient (Wildman–Crippen LogP) is 3.38. The van der Waals surface area contributed by atoms with Gasteiger partial charge in [0, 0.05) is 21.9 Å². The van der Waals surface area contributed by atoms with Gasteiger partial charge in [-0.3, -0.25) is 4.79 Å². The van der Waals surface area contributed by atoms with Crippen LogP contribution in [0.2, 0.25) is 5.02 Å². The number of carbonyl (C=O) groups excluding carboxylic acids is 1. The van der Waals surface area contributed by atoms with Crippen LogP contribution in [0, 0.1) is 6.92 Å². The molecule has 82 valence electrons. The fourth-order valence-corrected chi connectivity index (χ4v) is 1.97. The van der Waals surface area contributed by atoms with Gasteiger partial charge >= 0.3 is 0 Å². The van der Waals surface area contributed by atoms with E-state index in [1.807, 2.05) is 13.0 Å². The van der Waals surface area contributed by atoms with Gasteiger partial charge in [-0.15, -0.1) is 11.6 Å². The standard InChI is InChI=1S/C10H10BrCl2NO/c1-6-4-8(11)7(5-9(6)13)10(15)14-3-2-12/h4-5H,2-3H2,1H3,(H,14,15). The predicted molar refractivity (Wildman–Crippen MR) is 66.9 cm³/mol. The summed E-state index contributed by atoms with van der Waals surface area (Å²) in [4.78, 5) is 11.6. The van der Waals surface area contributed by atoms with Crippen molar-refractivity contribution < 1.29 is 4.79 Å². The monoisotopic (exact) mass is 309 g/mol.